The van der Waals surface area contributed by atoms with Gasteiger partial charge in [-0.05, 0) is 23.8 Å². The molecule has 0 aliphatic carbocycles. The van der Waals surface area contributed by atoms with Gasteiger partial charge in [0.2, 0.25) is 0 Å². The van der Waals surface area contributed by atoms with E-state index in [0.29, 0.717) is 23.6 Å². The molecule has 0 aliphatic heterocycles. The predicted molar refractivity (Wildman–Crippen MR) is 119 cm³/mol. The Kier molecular flexibility index (Phi) is 4.72. The minimum Gasteiger partial charge on any atom is -0.478 e. The van der Waals surface area contributed by atoms with Crippen molar-refractivity contribution in [3.8, 4) is 22.5 Å². The summed E-state index contributed by atoms with van der Waals surface area (Å²) in [6.45, 7) is 0. The molecule has 150 valence electrons. The highest BCUT2D eigenvalue weighted by molar-refractivity contribution is 5.89. The fourth-order valence-electron chi connectivity index (χ4n) is 3.64. The molecule has 0 radical (unpaired) electrons. The van der Waals surface area contributed by atoms with Gasteiger partial charge in [-0.3, -0.25) is 0 Å². The maximum atomic E-state index is 11.2. The maximum absolute atomic E-state index is 11.2. The average Bonchev–Trinajstić information content (AvgIpc) is 3.22. The second-order valence-corrected chi connectivity index (χ2v) is 7.21. The van der Waals surface area contributed by atoms with Gasteiger partial charge in [0.05, 0.1) is 5.56 Å². The monoisotopic (exact) mass is 406 g/mol. The third-order valence-electron chi connectivity index (χ3n) is 5.21. The van der Waals surface area contributed by atoms with E-state index in [2.05, 4.69) is 21.2 Å². The summed E-state index contributed by atoms with van der Waals surface area (Å²) in [5.41, 5.74) is 5.41. The Morgan fingerprint density at radius 3 is 2.29 bits per heavy atom. The van der Waals surface area contributed by atoms with Crippen LogP contribution in [0, 0.1) is 0 Å². The van der Waals surface area contributed by atoms with Gasteiger partial charge >= 0.3 is 5.97 Å². The van der Waals surface area contributed by atoms with Gasteiger partial charge in [0.25, 0.3) is 0 Å². The first kappa shape index (κ1) is 18.7. The Bertz CT molecular complexity index is 1380. The fourth-order valence-corrected chi connectivity index (χ4v) is 3.64. The molecule has 0 atom stereocenters. The minimum atomic E-state index is -0.962. The Hall–Kier alpha value is -4.32. The zero-order valence-electron chi connectivity index (χ0n) is 16.5. The topological polar surface area (TPSA) is 91.8 Å². The average molecular weight is 406 g/mol. The number of aromatic nitrogens is 4. The number of fused-ring (bicyclic) bond motifs is 1. The van der Waals surface area contributed by atoms with E-state index in [1.54, 1.807) is 24.3 Å². The van der Waals surface area contributed by atoms with Crippen molar-refractivity contribution in [1.29, 1.82) is 0 Å². The van der Waals surface area contributed by atoms with Gasteiger partial charge < -0.3 is 10.1 Å². The number of aromatic amines is 1. The number of hydrogen-bond acceptors (Lipinski definition) is 4. The Morgan fingerprint density at radius 2 is 1.52 bits per heavy atom. The first-order valence-electron chi connectivity index (χ1n) is 9.87. The number of nitrogens with one attached hydrogen (secondary N) is 1. The number of para-hydroxylation sites is 1. The molecule has 3 aromatic carbocycles. The van der Waals surface area contributed by atoms with Crippen LogP contribution in [0.2, 0.25) is 0 Å². The van der Waals surface area contributed by atoms with E-state index in [-0.39, 0.29) is 5.56 Å². The SMILES string of the molecule is O=C(O)c1ccc(-c2nc(Cc3c[nH]c4ccccc34)nnc2-c2ccccc2)cc1. The smallest absolute Gasteiger partial charge is 0.335 e. The van der Waals surface area contributed by atoms with Crippen molar-refractivity contribution in [2.45, 2.75) is 6.42 Å². The third-order valence-corrected chi connectivity index (χ3v) is 5.21. The molecule has 0 spiro atoms. The van der Waals surface area contributed by atoms with E-state index in [9.17, 15) is 9.90 Å². The molecule has 5 rings (SSSR count). The quantitative estimate of drug-likeness (QED) is 0.430. The van der Waals surface area contributed by atoms with E-state index < -0.39 is 5.97 Å². The van der Waals surface area contributed by atoms with Crippen LogP contribution in [0.25, 0.3) is 33.4 Å². The molecule has 0 fully saturated rings. The molecule has 6 heteroatoms. The molecular formula is C25H18N4O2. The van der Waals surface area contributed by atoms with E-state index in [4.69, 9.17) is 4.98 Å². The molecule has 0 aliphatic rings. The molecule has 31 heavy (non-hydrogen) atoms. The standard InChI is InChI=1S/C25H18N4O2/c30-25(31)18-12-10-17(11-13-18)23-24(16-6-2-1-3-7-16)29-28-22(27-23)14-19-15-26-21-9-5-4-8-20(19)21/h1-13,15,26H,14H2,(H,30,31). The molecule has 0 saturated carbocycles. The first-order chi connectivity index (χ1) is 15.2. The zero-order valence-corrected chi connectivity index (χ0v) is 16.5. The van der Waals surface area contributed by atoms with Crippen molar-refractivity contribution >= 4 is 16.9 Å². The van der Waals surface area contributed by atoms with Crippen molar-refractivity contribution in [2.75, 3.05) is 0 Å². The van der Waals surface area contributed by atoms with Gasteiger partial charge in [-0.15, -0.1) is 10.2 Å². The summed E-state index contributed by atoms with van der Waals surface area (Å²) < 4.78 is 0. The summed E-state index contributed by atoms with van der Waals surface area (Å²) in [7, 11) is 0. The van der Waals surface area contributed by atoms with Gasteiger partial charge in [-0.1, -0.05) is 60.7 Å². The lowest BCUT2D eigenvalue weighted by molar-refractivity contribution is 0.0697. The van der Waals surface area contributed by atoms with Gasteiger partial charge in [0.1, 0.15) is 11.4 Å². The van der Waals surface area contributed by atoms with Gasteiger partial charge in [0.15, 0.2) is 5.82 Å². The number of nitrogens with zero attached hydrogens (tertiary/aromatic N) is 3. The molecular weight excluding hydrogens is 388 g/mol. The van der Waals surface area contributed by atoms with Crippen molar-refractivity contribution in [2.24, 2.45) is 0 Å². The molecule has 0 amide bonds. The van der Waals surface area contributed by atoms with Crippen molar-refractivity contribution in [3.05, 3.63) is 102 Å². The molecule has 2 N–H and O–H groups in total. The van der Waals surface area contributed by atoms with Crippen LogP contribution in [0.1, 0.15) is 21.7 Å². The first-order valence-corrected chi connectivity index (χ1v) is 9.87. The van der Waals surface area contributed by atoms with Crippen LogP contribution in [0.5, 0.6) is 0 Å². The normalized spacial score (nSPS) is 11.0. The van der Waals surface area contributed by atoms with Crippen LogP contribution < -0.4 is 0 Å². The second-order valence-electron chi connectivity index (χ2n) is 7.21. The summed E-state index contributed by atoms with van der Waals surface area (Å²) in [5.74, 6) is -0.364. The molecule has 2 heterocycles. The highest BCUT2D eigenvalue weighted by atomic mass is 16.4. The van der Waals surface area contributed by atoms with E-state index in [0.717, 1.165) is 27.6 Å². The van der Waals surface area contributed by atoms with Gasteiger partial charge in [-0.25, -0.2) is 9.78 Å². The van der Waals surface area contributed by atoms with E-state index in [1.165, 1.54) is 0 Å². The van der Waals surface area contributed by atoms with Crippen LogP contribution in [-0.4, -0.2) is 31.2 Å². The van der Waals surface area contributed by atoms with E-state index >= 15 is 0 Å². The number of rotatable bonds is 5. The number of aromatic carboxylic acids is 1. The molecule has 5 aromatic rings. The van der Waals surface area contributed by atoms with Gasteiger partial charge in [-0.2, -0.15) is 0 Å². The van der Waals surface area contributed by atoms with Crippen LogP contribution in [0.3, 0.4) is 0 Å². The minimum absolute atomic E-state index is 0.228. The van der Waals surface area contributed by atoms with Crippen LogP contribution in [0.4, 0.5) is 0 Å². The largest absolute Gasteiger partial charge is 0.478 e. The van der Waals surface area contributed by atoms with Crippen LogP contribution in [0.15, 0.2) is 85.1 Å². The summed E-state index contributed by atoms with van der Waals surface area (Å²) in [4.78, 5) is 19.4. The van der Waals surface area contributed by atoms with Crippen molar-refractivity contribution < 1.29 is 9.90 Å². The van der Waals surface area contributed by atoms with Crippen LogP contribution in [-0.2, 0) is 6.42 Å². The summed E-state index contributed by atoms with van der Waals surface area (Å²) in [6.07, 6.45) is 2.51. The summed E-state index contributed by atoms with van der Waals surface area (Å²) >= 11 is 0. The number of carbonyl (C=O) groups is 1. The third kappa shape index (κ3) is 3.67. The number of carboxylic acids is 1. The molecule has 0 bridgehead atoms. The Labute approximate surface area is 178 Å². The Morgan fingerprint density at radius 1 is 0.806 bits per heavy atom. The molecule has 6 nitrogen and oxygen atoms in total. The molecule has 2 aromatic heterocycles. The van der Waals surface area contributed by atoms with Crippen LogP contribution >= 0.6 is 0 Å². The fraction of sp³-hybridized carbons (Fsp3) is 0.0400. The number of H-pyrrole nitrogens is 1. The highest BCUT2D eigenvalue weighted by Gasteiger charge is 2.15. The number of benzene rings is 3. The van der Waals surface area contributed by atoms with Gasteiger partial charge in [0, 0.05) is 34.6 Å². The van der Waals surface area contributed by atoms with E-state index in [1.807, 2.05) is 54.7 Å². The predicted octanol–water partition coefficient (Wildman–Crippen LogP) is 4.98. The number of hydrogen-bond donors (Lipinski definition) is 2. The summed E-state index contributed by atoms with van der Waals surface area (Å²) in [6, 6.07) is 24.5. The lowest BCUT2D eigenvalue weighted by Crippen LogP contribution is -2.04. The Balaban J connectivity index is 1.60. The number of carboxylic acid groups (broad SMARTS) is 1. The lowest BCUT2D eigenvalue weighted by atomic mass is 10.0. The van der Waals surface area contributed by atoms with Crippen molar-refractivity contribution in [1.82, 2.24) is 20.2 Å². The molecule has 0 saturated heterocycles. The maximum Gasteiger partial charge on any atom is 0.335 e. The van der Waals surface area contributed by atoms with Crippen molar-refractivity contribution in [3.63, 3.8) is 0 Å². The summed E-state index contributed by atoms with van der Waals surface area (Å²) in [5, 5.41) is 19.2. The second kappa shape index (κ2) is 7.84. The highest BCUT2D eigenvalue weighted by Crippen LogP contribution is 2.29. The molecule has 0 unspecified atom stereocenters. The zero-order chi connectivity index (χ0) is 21.2. The lowest BCUT2D eigenvalue weighted by Gasteiger charge is -2.10.